The number of amides is 2. The molecule has 5 aliphatic heterocycles. The zero-order chi connectivity index (χ0) is 25.1. The summed E-state index contributed by atoms with van der Waals surface area (Å²) >= 11 is 2.56. The van der Waals surface area contributed by atoms with E-state index in [2.05, 4.69) is 15.5 Å². The van der Waals surface area contributed by atoms with E-state index in [9.17, 15) is 24.6 Å². The number of thioether (sulfide) groups is 1. The topological polar surface area (TPSA) is 170 Å². The molecule has 2 amide bonds. The number of nitrogens with zero attached hydrogens (tertiary/aromatic N) is 4. The summed E-state index contributed by atoms with van der Waals surface area (Å²) in [5.41, 5.74) is 5.61. The van der Waals surface area contributed by atoms with E-state index in [0.717, 1.165) is 11.3 Å². The quantitative estimate of drug-likeness (QED) is 0.175. The fourth-order valence-corrected chi connectivity index (χ4v) is 7.72. The molecule has 35 heavy (non-hydrogen) atoms. The van der Waals surface area contributed by atoms with Crippen molar-refractivity contribution < 1.29 is 33.9 Å². The van der Waals surface area contributed by atoms with Crippen LogP contribution in [0, 0.1) is 0 Å². The van der Waals surface area contributed by atoms with Gasteiger partial charge >= 0.3 is 0 Å². The summed E-state index contributed by atoms with van der Waals surface area (Å²) in [5.74, 6) is -2.62. The maximum absolute atomic E-state index is 13.2. The third-order valence-corrected chi connectivity index (χ3v) is 9.49. The molecule has 0 saturated carbocycles. The Kier molecular flexibility index (Phi) is 5.81. The number of hydrogen-bond donors (Lipinski definition) is 3. The minimum Gasteiger partial charge on any atom is -0.543 e. The number of thiazole rings is 1. The van der Waals surface area contributed by atoms with Crippen LogP contribution in [0.25, 0.3) is 0 Å². The fourth-order valence-electron chi connectivity index (χ4n) is 5.62. The molecule has 6 rings (SSSR count). The van der Waals surface area contributed by atoms with Crippen LogP contribution in [0.3, 0.4) is 0 Å². The summed E-state index contributed by atoms with van der Waals surface area (Å²) < 4.78 is 0.448. The molecule has 4 fully saturated rings. The molecule has 3 atom stereocenters. The predicted octanol–water partition coefficient (Wildman–Crippen LogP) is -1.43. The molecule has 0 radical (unpaired) electrons. The monoisotopic (exact) mass is 522 g/mol. The van der Waals surface area contributed by atoms with E-state index in [4.69, 9.17) is 10.6 Å². The summed E-state index contributed by atoms with van der Waals surface area (Å²) in [6, 6.07) is -0.948. The lowest BCUT2D eigenvalue weighted by molar-refractivity contribution is -0.911. The molecule has 12 nitrogen and oxygen atoms in total. The minimum atomic E-state index is -1.41. The molecule has 14 heteroatoms. The van der Waals surface area contributed by atoms with Gasteiger partial charge in [-0.2, -0.15) is 0 Å². The average molecular weight is 523 g/mol. The molecule has 1 aromatic rings. The number of carboxylic acids is 1. The maximum atomic E-state index is 13.2. The van der Waals surface area contributed by atoms with Crippen molar-refractivity contribution in [2.75, 3.05) is 32.5 Å². The molecule has 0 aromatic carbocycles. The molecule has 2 bridgehead atoms. The van der Waals surface area contributed by atoms with Crippen molar-refractivity contribution >= 4 is 51.7 Å². The number of hydrogen-bond acceptors (Lipinski definition) is 11. The molecule has 6 heterocycles. The van der Waals surface area contributed by atoms with E-state index in [1.807, 2.05) is 6.92 Å². The van der Waals surface area contributed by atoms with Crippen LogP contribution in [-0.4, -0.2) is 92.0 Å². The number of aliphatic carboxylic acids is 1. The first-order valence-corrected chi connectivity index (χ1v) is 13.1. The van der Waals surface area contributed by atoms with Crippen LogP contribution in [0.15, 0.2) is 21.9 Å². The van der Waals surface area contributed by atoms with Gasteiger partial charge in [-0.05, 0) is 6.92 Å². The number of nitrogen functional groups attached to an aromatic ring is 1. The van der Waals surface area contributed by atoms with Gasteiger partial charge in [-0.1, -0.05) is 5.16 Å². The van der Waals surface area contributed by atoms with Crippen molar-refractivity contribution in [1.29, 1.82) is 0 Å². The van der Waals surface area contributed by atoms with Gasteiger partial charge in [0.05, 0.1) is 36.5 Å². The largest absolute Gasteiger partial charge is 0.543 e. The van der Waals surface area contributed by atoms with E-state index >= 15 is 0 Å². The van der Waals surface area contributed by atoms with Crippen LogP contribution in [0.5, 0.6) is 0 Å². The molecule has 1 aromatic heterocycles. The highest BCUT2D eigenvalue weighted by Gasteiger charge is 2.60. The van der Waals surface area contributed by atoms with Gasteiger partial charge in [-0.3, -0.25) is 19.0 Å². The van der Waals surface area contributed by atoms with E-state index in [0.29, 0.717) is 49.1 Å². The zero-order valence-electron chi connectivity index (χ0n) is 19.2. The van der Waals surface area contributed by atoms with Crippen LogP contribution in [0.4, 0.5) is 5.13 Å². The Hall–Kier alpha value is -2.68. The first-order valence-electron chi connectivity index (χ1n) is 11.3. The van der Waals surface area contributed by atoms with Crippen molar-refractivity contribution in [2.45, 2.75) is 48.5 Å². The molecule has 5 aliphatic rings. The van der Waals surface area contributed by atoms with Crippen molar-refractivity contribution in [3.63, 3.8) is 0 Å². The van der Waals surface area contributed by atoms with Crippen LogP contribution in [0.1, 0.15) is 31.9 Å². The summed E-state index contributed by atoms with van der Waals surface area (Å²) in [6.07, 6.45) is 1.77. The molecule has 1 unspecified atom stereocenters. The van der Waals surface area contributed by atoms with E-state index in [1.54, 1.807) is 5.38 Å². The smallest absolute Gasteiger partial charge is 0.276 e. The van der Waals surface area contributed by atoms with Gasteiger partial charge in [-0.25, -0.2) is 4.98 Å². The minimum absolute atomic E-state index is 0.109. The Balaban J connectivity index is 1.42. The van der Waals surface area contributed by atoms with Crippen LogP contribution in [0.2, 0.25) is 0 Å². The van der Waals surface area contributed by atoms with Crippen LogP contribution in [-0.2, 0) is 19.2 Å². The fraction of sp³-hybridized carbons (Fsp3) is 0.571. The number of carbonyl (C=O) groups is 3. The SMILES string of the molecule is CO/N=C(\C(=O)N[C@@H]1C(=O)N2C(C(=O)[O-])=C([N+]34CCC(O)(CC3)CC4)C(C)S[C@H]12)c1csc(N)n1. The normalized spacial score (nSPS) is 34.4. The van der Waals surface area contributed by atoms with Gasteiger partial charge in [-0.15, -0.1) is 23.1 Å². The molecular formula is C21H26N6O6S2. The molecular weight excluding hydrogens is 496 g/mol. The number of oxime groups is 1. The van der Waals surface area contributed by atoms with E-state index in [-0.39, 0.29) is 27.5 Å². The second kappa shape index (κ2) is 8.47. The lowest BCUT2D eigenvalue weighted by atomic mass is 9.80. The van der Waals surface area contributed by atoms with Crippen molar-refractivity contribution in [3.05, 3.63) is 22.5 Å². The third kappa shape index (κ3) is 3.79. The molecule has 4 saturated heterocycles. The number of β-lactam (4-membered cyclic amide) rings is 1. The standard InChI is InChI=1S/C21H26N6O6S2/c1-10-15(27-6-3-21(32,4-7-27)5-8-27)14(19(30)31)26-17(29)13(18(26)35-10)24-16(28)12(25-33-2)11-9-34-20(22)23-11/h9-10,13,18,32H,3-8H2,1-2H3,(H3-,22,23,24,28,30,31)/b25-12-/t10?,13-,18-,21?,27?/m1/s1. The number of piperidine rings is 3. The zero-order valence-corrected chi connectivity index (χ0v) is 20.9. The summed E-state index contributed by atoms with van der Waals surface area (Å²) in [5, 5.41) is 30.3. The first-order chi connectivity index (χ1) is 16.6. The summed E-state index contributed by atoms with van der Waals surface area (Å²) in [7, 11) is 1.28. The lowest BCUT2D eigenvalue weighted by Crippen LogP contribution is -2.74. The molecule has 0 aliphatic carbocycles. The number of fused-ring (bicyclic) bond motifs is 4. The van der Waals surface area contributed by atoms with Gasteiger partial charge in [0.2, 0.25) is 0 Å². The molecule has 0 spiro atoms. The number of carbonyl (C=O) groups excluding carboxylic acids is 3. The Morgan fingerprint density at radius 2 is 2.03 bits per heavy atom. The summed E-state index contributed by atoms with van der Waals surface area (Å²) in [4.78, 5) is 48.6. The Morgan fingerprint density at radius 3 is 2.57 bits per heavy atom. The maximum Gasteiger partial charge on any atom is 0.276 e. The van der Waals surface area contributed by atoms with Gasteiger partial charge in [0.25, 0.3) is 11.8 Å². The summed E-state index contributed by atoms with van der Waals surface area (Å²) in [6.45, 7) is 3.77. The number of aromatic nitrogens is 1. The lowest BCUT2D eigenvalue weighted by Gasteiger charge is -2.58. The number of carboxylic acid groups (broad SMARTS) is 1. The van der Waals surface area contributed by atoms with Crippen molar-refractivity contribution in [3.8, 4) is 0 Å². The van der Waals surface area contributed by atoms with Crippen LogP contribution < -0.4 is 16.2 Å². The predicted molar refractivity (Wildman–Crippen MR) is 125 cm³/mol. The van der Waals surface area contributed by atoms with Crippen LogP contribution >= 0.6 is 23.1 Å². The van der Waals surface area contributed by atoms with E-state index < -0.39 is 34.8 Å². The van der Waals surface area contributed by atoms with Crippen molar-refractivity contribution in [1.82, 2.24) is 15.2 Å². The number of quaternary nitrogens is 1. The highest BCUT2D eigenvalue weighted by Crippen LogP contribution is 2.50. The Bertz CT molecular complexity index is 1140. The second-order valence-electron chi connectivity index (χ2n) is 9.33. The number of rotatable bonds is 6. The first kappa shape index (κ1) is 24.0. The van der Waals surface area contributed by atoms with Gasteiger partial charge in [0, 0.05) is 24.6 Å². The van der Waals surface area contributed by atoms with Crippen molar-refractivity contribution in [2.24, 2.45) is 5.16 Å². The van der Waals surface area contributed by atoms with Gasteiger partial charge in [0.1, 0.15) is 35.6 Å². The second-order valence-corrected chi connectivity index (χ2v) is 11.7. The molecule has 4 N–H and O–H groups in total. The average Bonchev–Trinajstić information content (AvgIpc) is 3.26. The number of aliphatic hydroxyl groups is 1. The number of nitrogens with one attached hydrogen (secondary N) is 1. The van der Waals surface area contributed by atoms with E-state index in [1.165, 1.54) is 23.8 Å². The van der Waals surface area contributed by atoms with Gasteiger partial charge < -0.3 is 30.9 Å². The third-order valence-electron chi connectivity index (χ3n) is 7.42. The van der Waals surface area contributed by atoms with Gasteiger partial charge in [0.15, 0.2) is 10.8 Å². The molecule has 188 valence electrons. The Morgan fingerprint density at radius 1 is 1.37 bits per heavy atom. The number of nitrogens with two attached hydrogens (primary N) is 1. The Labute approximate surface area is 209 Å². The highest BCUT2D eigenvalue weighted by atomic mass is 32.2. The highest BCUT2D eigenvalue weighted by molar-refractivity contribution is 8.00. The number of anilines is 1.